The minimum Gasteiger partial charge on any atom is -0.503 e. The molecule has 0 saturated carbocycles. The van der Waals surface area contributed by atoms with Crippen LogP contribution in [0, 0.1) is 11.3 Å². The lowest BCUT2D eigenvalue weighted by Gasteiger charge is -2.11. The molecule has 0 heterocycles. The number of primary amides is 1. The van der Waals surface area contributed by atoms with E-state index >= 15 is 0 Å². The Morgan fingerprint density at radius 3 is 2.68 bits per heavy atom. The molecule has 3 N–H and O–H groups in total. The van der Waals surface area contributed by atoms with Gasteiger partial charge in [0.15, 0.2) is 11.5 Å². The van der Waals surface area contributed by atoms with Gasteiger partial charge < -0.3 is 15.6 Å². The SMILES string of the molecule is CCOc1cc(/C=C(/C#N)C(N)=O)c(Br)c(Br)c1O. The van der Waals surface area contributed by atoms with Gasteiger partial charge in [0.1, 0.15) is 11.6 Å². The summed E-state index contributed by atoms with van der Waals surface area (Å²) in [6.07, 6.45) is 1.32. The van der Waals surface area contributed by atoms with Crippen molar-refractivity contribution in [2.75, 3.05) is 6.61 Å². The number of rotatable bonds is 4. The third-order valence-corrected chi connectivity index (χ3v) is 4.32. The molecule has 0 spiro atoms. The Kier molecular flexibility index (Phi) is 5.39. The number of nitrogens with two attached hydrogens (primary N) is 1. The number of phenols is 1. The minimum absolute atomic E-state index is 0.0662. The minimum atomic E-state index is -0.823. The third kappa shape index (κ3) is 3.49. The summed E-state index contributed by atoms with van der Waals surface area (Å²) < 4.78 is 6.12. The first-order valence-electron chi connectivity index (χ1n) is 5.17. The lowest BCUT2D eigenvalue weighted by molar-refractivity contribution is -0.114. The Morgan fingerprint density at radius 2 is 2.21 bits per heavy atom. The highest BCUT2D eigenvalue weighted by atomic mass is 79.9. The monoisotopic (exact) mass is 388 g/mol. The molecule has 0 fully saturated rings. The van der Waals surface area contributed by atoms with Gasteiger partial charge in [0.05, 0.1) is 11.1 Å². The standard InChI is InChI=1S/C12H10Br2N2O3/c1-2-19-8-4-6(3-7(5-15)12(16)18)9(13)10(14)11(8)17/h3-4,17H,2H2,1H3,(H2,16,18)/b7-3-. The van der Waals surface area contributed by atoms with E-state index in [1.807, 2.05) is 0 Å². The molecule has 0 aromatic heterocycles. The first-order valence-corrected chi connectivity index (χ1v) is 6.76. The summed E-state index contributed by atoms with van der Waals surface area (Å²) in [5.41, 5.74) is 5.37. The van der Waals surface area contributed by atoms with Crippen LogP contribution in [0.3, 0.4) is 0 Å². The number of amides is 1. The van der Waals surface area contributed by atoms with E-state index in [1.54, 1.807) is 13.0 Å². The summed E-state index contributed by atoms with van der Waals surface area (Å²) in [7, 11) is 0. The van der Waals surface area contributed by atoms with Gasteiger partial charge in [0.2, 0.25) is 0 Å². The van der Waals surface area contributed by atoms with Gasteiger partial charge >= 0.3 is 0 Å². The van der Waals surface area contributed by atoms with Gasteiger partial charge in [-0.2, -0.15) is 5.26 Å². The van der Waals surface area contributed by atoms with Crippen LogP contribution in [-0.2, 0) is 4.79 Å². The average molecular weight is 390 g/mol. The molecule has 0 bridgehead atoms. The molecule has 0 aliphatic rings. The summed E-state index contributed by atoms with van der Waals surface area (Å²) in [6.45, 7) is 2.14. The topological polar surface area (TPSA) is 96.3 Å². The van der Waals surface area contributed by atoms with E-state index in [4.69, 9.17) is 15.7 Å². The molecule has 1 aromatic carbocycles. The fraction of sp³-hybridized carbons (Fsp3) is 0.167. The van der Waals surface area contributed by atoms with Gasteiger partial charge in [0.25, 0.3) is 5.91 Å². The summed E-state index contributed by atoms with van der Waals surface area (Å²) in [5, 5.41) is 18.7. The zero-order chi connectivity index (χ0) is 14.6. The maximum absolute atomic E-state index is 11.0. The fourth-order valence-corrected chi connectivity index (χ4v) is 2.14. The normalized spacial score (nSPS) is 10.9. The highest BCUT2D eigenvalue weighted by Crippen LogP contribution is 2.42. The largest absolute Gasteiger partial charge is 0.503 e. The number of nitrogens with zero attached hydrogens (tertiary/aromatic N) is 1. The molecular weight excluding hydrogens is 380 g/mol. The Bertz CT molecular complexity index is 592. The van der Waals surface area contributed by atoms with Crippen LogP contribution in [0.1, 0.15) is 12.5 Å². The van der Waals surface area contributed by atoms with E-state index in [0.717, 1.165) is 0 Å². The maximum Gasteiger partial charge on any atom is 0.259 e. The van der Waals surface area contributed by atoms with Crippen molar-refractivity contribution in [3.63, 3.8) is 0 Å². The zero-order valence-electron chi connectivity index (χ0n) is 9.91. The van der Waals surface area contributed by atoms with Crippen LogP contribution in [0.25, 0.3) is 6.08 Å². The number of aromatic hydroxyl groups is 1. The number of halogens is 2. The molecule has 7 heteroatoms. The van der Waals surface area contributed by atoms with Crippen molar-refractivity contribution in [1.29, 1.82) is 5.26 Å². The van der Waals surface area contributed by atoms with Gasteiger partial charge in [-0.25, -0.2) is 0 Å². The second-order valence-electron chi connectivity index (χ2n) is 3.41. The summed E-state index contributed by atoms with van der Waals surface area (Å²) in [5.74, 6) is -0.648. The quantitative estimate of drug-likeness (QED) is 0.611. The van der Waals surface area contributed by atoms with Crippen molar-refractivity contribution in [3.05, 3.63) is 26.1 Å². The highest BCUT2D eigenvalue weighted by Gasteiger charge is 2.15. The molecular formula is C12H10Br2N2O3. The van der Waals surface area contributed by atoms with E-state index in [-0.39, 0.29) is 17.1 Å². The number of ether oxygens (including phenoxy) is 1. The molecule has 100 valence electrons. The highest BCUT2D eigenvalue weighted by molar-refractivity contribution is 9.13. The molecule has 1 aromatic rings. The Labute approximate surface area is 126 Å². The summed E-state index contributed by atoms with van der Waals surface area (Å²) in [4.78, 5) is 11.0. The van der Waals surface area contributed by atoms with Crippen LogP contribution >= 0.6 is 31.9 Å². The number of hydrogen-bond donors (Lipinski definition) is 2. The first kappa shape index (κ1) is 15.5. The number of nitriles is 1. The zero-order valence-corrected chi connectivity index (χ0v) is 13.1. The summed E-state index contributed by atoms with van der Waals surface area (Å²) in [6, 6.07) is 3.22. The molecule has 0 atom stereocenters. The molecule has 0 unspecified atom stereocenters. The Hall–Kier alpha value is -1.52. The van der Waals surface area contributed by atoms with Crippen LogP contribution in [-0.4, -0.2) is 17.6 Å². The van der Waals surface area contributed by atoms with Gasteiger partial charge in [0, 0.05) is 4.47 Å². The first-order chi connectivity index (χ1) is 8.92. The molecule has 0 saturated heterocycles. The number of benzene rings is 1. The second-order valence-corrected chi connectivity index (χ2v) is 4.99. The molecule has 0 radical (unpaired) electrons. The second kappa shape index (κ2) is 6.59. The van der Waals surface area contributed by atoms with Gasteiger partial charge in [-0.05, 0) is 56.5 Å². The van der Waals surface area contributed by atoms with Gasteiger partial charge in [-0.1, -0.05) is 0 Å². The van der Waals surface area contributed by atoms with Gasteiger partial charge in [-0.3, -0.25) is 4.79 Å². The number of hydrogen-bond acceptors (Lipinski definition) is 4. The van der Waals surface area contributed by atoms with Crippen LogP contribution in [0.5, 0.6) is 11.5 Å². The molecule has 1 rings (SSSR count). The molecule has 0 aliphatic carbocycles. The van der Waals surface area contributed by atoms with Crippen LogP contribution in [0.4, 0.5) is 0 Å². The van der Waals surface area contributed by atoms with E-state index in [1.165, 1.54) is 12.1 Å². The van der Waals surface area contributed by atoms with Crippen LogP contribution in [0.2, 0.25) is 0 Å². The number of carbonyl (C=O) groups excluding carboxylic acids is 1. The molecule has 5 nitrogen and oxygen atoms in total. The van der Waals surface area contributed by atoms with E-state index in [0.29, 0.717) is 21.1 Å². The predicted molar refractivity (Wildman–Crippen MR) is 77.5 cm³/mol. The van der Waals surface area contributed by atoms with E-state index < -0.39 is 5.91 Å². The van der Waals surface area contributed by atoms with Crippen LogP contribution in [0.15, 0.2) is 20.6 Å². The third-order valence-electron chi connectivity index (χ3n) is 2.16. The van der Waals surface area contributed by atoms with Crippen molar-refractivity contribution >= 4 is 43.8 Å². The number of phenolic OH excluding ortho intramolecular Hbond substituents is 1. The van der Waals surface area contributed by atoms with Crippen LogP contribution < -0.4 is 10.5 Å². The fourth-order valence-electron chi connectivity index (χ4n) is 1.30. The van der Waals surface area contributed by atoms with Crippen molar-refractivity contribution in [3.8, 4) is 17.6 Å². The van der Waals surface area contributed by atoms with Gasteiger partial charge in [-0.15, -0.1) is 0 Å². The Balaban J connectivity index is 3.45. The average Bonchev–Trinajstić information content (AvgIpc) is 2.37. The lowest BCUT2D eigenvalue weighted by atomic mass is 10.1. The van der Waals surface area contributed by atoms with E-state index in [9.17, 15) is 9.90 Å². The molecule has 19 heavy (non-hydrogen) atoms. The van der Waals surface area contributed by atoms with Crippen molar-refractivity contribution in [1.82, 2.24) is 0 Å². The predicted octanol–water partition coefficient (Wildman–Crippen LogP) is 2.71. The van der Waals surface area contributed by atoms with Crippen molar-refractivity contribution < 1.29 is 14.6 Å². The lowest BCUT2D eigenvalue weighted by Crippen LogP contribution is -2.12. The molecule has 0 aliphatic heterocycles. The van der Waals surface area contributed by atoms with Crippen molar-refractivity contribution in [2.45, 2.75) is 6.92 Å². The Morgan fingerprint density at radius 1 is 1.58 bits per heavy atom. The summed E-state index contributed by atoms with van der Waals surface area (Å²) >= 11 is 6.45. The maximum atomic E-state index is 11.0. The van der Waals surface area contributed by atoms with E-state index in [2.05, 4.69) is 31.9 Å². The smallest absolute Gasteiger partial charge is 0.259 e. The number of carbonyl (C=O) groups is 1. The van der Waals surface area contributed by atoms with Crippen molar-refractivity contribution in [2.24, 2.45) is 5.73 Å². The molecule has 1 amide bonds.